The highest BCUT2D eigenvalue weighted by atomic mass is 32.2. The summed E-state index contributed by atoms with van der Waals surface area (Å²) in [6.45, 7) is 2.56. The first kappa shape index (κ1) is 12.9. The number of rotatable bonds is 3. The number of amides is 2. The molecular formula is C13H14N2O2S. The summed E-state index contributed by atoms with van der Waals surface area (Å²) >= 11 is 0.964. The van der Waals surface area contributed by atoms with Crippen LogP contribution >= 0.6 is 11.8 Å². The number of carbonyl (C=O) groups is 2. The zero-order valence-corrected chi connectivity index (χ0v) is 10.9. The standard InChI is InChI=1S/C13H14N2O2S/c1-9-2-4-10(5-3-9)8-11-12(16)15(7-6-14)13(17)18-11/h2-5,8H,6-7,14H2,1H3/b11-8+. The molecule has 1 heterocycles. The summed E-state index contributed by atoms with van der Waals surface area (Å²) in [5.74, 6) is -0.254. The van der Waals surface area contributed by atoms with E-state index in [4.69, 9.17) is 5.73 Å². The van der Waals surface area contributed by atoms with Gasteiger partial charge in [0.25, 0.3) is 11.1 Å². The quantitative estimate of drug-likeness (QED) is 0.846. The maximum Gasteiger partial charge on any atom is 0.293 e. The Labute approximate surface area is 110 Å². The maximum absolute atomic E-state index is 11.9. The zero-order valence-electron chi connectivity index (χ0n) is 10.1. The van der Waals surface area contributed by atoms with Crippen LogP contribution in [0.25, 0.3) is 6.08 Å². The van der Waals surface area contributed by atoms with Crippen molar-refractivity contribution in [3.05, 3.63) is 40.3 Å². The molecule has 0 unspecified atom stereocenters. The van der Waals surface area contributed by atoms with Crippen molar-refractivity contribution in [3.8, 4) is 0 Å². The van der Waals surface area contributed by atoms with E-state index in [1.54, 1.807) is 6.08 Å². The summed E-state index contributed by atoms with van der Waals surface area (Å²) in [5.41, 5.74) is 7.44. The molecule has 2 amide bonds. The molecule has 2 rings (SSSR count). The van der Waals surface area contributed by atoms with Crippen molar-refractivity contribution in [2.45, 2.75) is 6.92 Å². The molecule has 18 heavy (non-hydrogen) atoms. The van der Waals surface area contributed by atoms with Crippen LogP contribution in [0, 0.1) is 6.92 Å². The Bertz CT molecular complexity index is 508. The normalized spacial score (nSPS) is 17.9. The van der Waals surface area contributed by atoms with Crippen LogP contribution in [-0.2, 0) is 4.79 Å². The fourth-order valence-electron chi connectivity index (χ4n) is 1.64. The zero-order chi connectivity index (χ0) is 13.1. The minimum Gasteiger partial charge on any atom is -0.329 e. The lowest BCUT2D eigenvalue weighted by Gasteiger charge is -2.09. The van der Waals surface area contributed by atoms with Gasteiger partial charge in [-0.05, 0) is 30.3 Å². The van der Waals surface area contributed by atoms with E-state index in [1.807, 2.05) is 31.2 Å². The number of hydrogen-bond acceptors (Lipinski definition) is 4. The summed E-state index contributed by atoms with van der Waals surface area (Å²) in [4.78, 5) is 25.2. The molecule has 0 atom stereocenters. The number of nitrogens with two attached hydrogens (primary N) is 1. The van der Waals surface area contributed by atoms with Crippen molar-refractivity contribution >= 4 is 29.0 Å². The van der Waals surface area contributed by atoms with Crippen molar-refractivity contribution in [1.82, 2.24) is 4.90 Å². The van der Waals surface area contributed by atoms with E-state index in [0.29, 0.717) is 4.91 Å². The lowest BCUT2D eigenvalue weighted by Crippen LogP contribution is -2.33. The number of benzene rings is 1. The lowest BCUT2D eigenvalue weighted by molar-refractivity contribution is -0.122. The second-order valence-electron chi connectivity index (χ2n) is 4.03. The van der Waals surface area contributed by atoms with Gasteiger partial charge in [0.15, 0.2) is 0 Å². The Balaban J connectivity index is 2.22. The summed E-state index contributed by atoms with van der Waals surface area (Å²) in [6, 6.07) is 7.78. The highest BCUT2D eigenvalue weighted by Crippen LogP contribution is 2.31. The Morgan fingerprint density at radius 2 is 1.94 bits per heavy atom. The van der Waals surface area contributed by atoms with E-state index < -0.39 is 0 Å². The largest absolute Gasteiger partial charge is 0.329 e. The summed E-state index contributed by atoms with van der Waals surface area (Å²) in [7, 11) is 0. The average Bonchev–Trinajstić information content (AvgIpc) is 2.60. The molecule has 2 N–H and O–H groups in total. The Morgan fingerprint density at radius 3 is 2.56 bits per heavy atom. The topological polar surface area (TPSA) is 63.4 Å². The van der Waals surface area contributed by atoms with Crippen LogP contribution in [0.4, 0.5) is 4.79 Å². The number of nitrogens with zero attached hydrogens (tertiary/aromatic N) is 1. The first-order valence-corrected chi connectivity index (χ1v) is 6.45. The first-order chi connectivity index (χ1) is 8.61. The first-order valence-electron chi connectivity index (χ1n) is 5.64. The SMILES string of the molecule is Cc1ccc(/C=C2/SC(=O)N(CCN)C2=O)cc1. The van der Waals surface area contributed by atoms with Crippen molar-refractivity contribution in [3.63, 3.8) is 0 Å². The predicted octanol–water partition coefficient (Wildman–Crippen LogP) is 1.99. The second-order valence-corrected chi connectivity index (χ2v) is 5.03. The van der Waals surface area contributed by atoms with Crippen LogP contribution in [0.3, 0.4) is 0 Å². The van der Waals surface area contributed by atoms with E-state index in [0.717, 1.165) is 22.9 Å². The molecule has 1 saturated heterocycles. The van der Waals surface area contributed by atoms with Crippen LogP contribution in [0.1, 0.15) is 11.1 Å². The van der Waals surface area contributed by atoms with Gasteiger partial charge < -0.3 is 5.73 Å². The summed E-state index contributed by atoms with van der Waals surface area (Å²) in [6.07, 6.45) is 1.74. The molecule has 1 aromatic carbocycles. The Hall–Kier alpha value is -1.59. The van der Waals surface area contributed by atoms with Crippen LogP contribution in [0.5, 0.6) is 0 Å². The van der Waals surface area contributed by atoms with Crippen molar-refractivity contribution in [1.29, 1.82) is 0 Å². The molecule has 4 nitrogen and oxygen atoms in total. The molecular weight excluding hydrogens is 248 g/mol. The van der Waals surface area contributed by atoms with Crippen LogP contribution < -0.4 is 5.73 Å². The van der Waals surface area contributed by atoms with E-state index in [1.165, 1.54) is 4.90 Å². The third-order valence-corrected chi connectivity index (χ3v) is 3.51. The number of carbonyl (C=O) groups excluding carboxylic acids is 2. The van der Waals surface area contributed by atoms with Gasteiger partial charge in [-0.3, -0.25) is 14.5 Å². The van der Waals surface area contributed by atoms with Crippen molar-refractivity contribution in [2.24, 2.45) is 5.73 Å². The van der Waals surface area contributed by atoms with Crippen molar-refractivity contribution < 1.29 is 9.59 Å². The van der Waals surface area contributed by atoms with Gasteiger partial charge in [-0.15, -0.1) is 0 Å². The molecule has 94 valence electrons. The molecule has 5 heteroatoms. The van der Waals surface area contributed by atoms with Crippen LogP contribution in [-0.4, -0.2) is 29.1 Å². The summed E-state index contributed by atoms with van der Waals surface area (Å²) < 4.78 is 0. The lowest BCUT2D eigenvalue weighted by atomic mass is 10.1. The number of aryl methyl sites for hydroxylation is 1. The van der Waals surface area contributed by atoms with Gasteiger partial charge in [0.1, 0.15) is 0 Å². The number of hydrogen-bond donors (Lipinski definition) is 1. The molecule has 1 aliphatic rings. The number of thioether (sulfide) groups is 1. The van der Waals surface area contributed by atoms with Gasteiger partial charge in [0.2, 0.25) is 0 Å². The van der Waals surface area contributed by atoms with Gasteiger partial charge >= 0.3 is 0 Å². The third kappa shape index (κ3) is 2.63. The van der Waals surface area contributed by atoms with Gasteiger partial charge in [-0.2, -0.15) is 0 Å². The Morgan fingerprint density at radius 1 is 1.28 bits per heavy atom. The molecule has 0 aromatic heterocycles. The fraction of sp³-hybridized carbons (Fsp3) is 0.231. The van der Waals surface area contributed by atoms with Gasteiger partial charge in [-0.1, -0.05) is 29.8 Å². The molecule has 0 aliphatic carbocycles. The van der Waals surface area contributed by atoms with E-state index in [-0.39, 0.29) is 24.2 Å². The average molecular weight is 262 g/mol. The molecule has 0 saturated carbocycles. The van der Waals surface area contributed by atoms with Gasteiger partial charge in [0, 0.05) is 13.1 Å². The van der Waals surface area contributed by atoms with E-state index in [9.17, 15) is 9.59 Å². The van der Waals surface area contributed by atoms with Gasteiger partial charge in [-0.25, -0.2) is 0 Å². The van der Waals surface area contributed by atoms with E-state index in [2.05, 4.69) is 0 Å². The number of imide groups is 1. The monoisotopic (exact) mass is 262 g/mol. The maximum atomic E-state index is 11.9. The fourth-order valence-corrected chi connectivity index (χ4v) is 2.50. The summed E-state index contributed by atoms with van der Waals surface area (Å²) in [5, 5.41) is -0.246. The van der Waals surface area contributed by atoms with Crippen LogP contribution in [0.2, 0.25) is 0 Å². The minimum absolute atomic E-state index is 0.246. The molecule has 1 aromatic rings. The minimum atomic E-state index is -0.254. The predicted molar refractivity (Wildman–Crippen MR) is 72.9 cm³/mol. The van der Waals surface area contributed by atoms with Crippen molar-refractivity contribution in [2.75, 3.05) is 13.1 Å². The highest BCUT2D eigenvalue weighted by Gasteiger charge is 2.34. The third-order valence-electron chi connectivity index (χ3n) is 2.60. The smallest absolute Gasteiger partial charge is 0.293 e. The molecule has 0 spiro atoms. The highest BCUT2D eigenvalue weighted by molar-refractivity contribution is 8.18. The van der Waals surface area contributed by atoms with Crippen LogP contribution in [0.15, 0.2) is 29.2 Å². The Kier molecular flexibility index (Phi) is 3.84. The molecule has 1 fully saturated rings. The second kappa shape index (κ2) is 5.37. The van der Waals surface area contributed by atoms with E-state index >= 15 is 0 Å². The molecule has 1 aliphatic heterocycles. The molecule has 0 bridgehead atoms. The molecule has 0 radical (unpaired) electrons. The van der Waals surface area contributed by atoms with Gasteiger partial charge in [0.05, 0.1) is 4.91 Å².